The molecule has 26 heavy (non-hydrogen) atoms. The van der Waals surface area contributed by atoms with Crippen molar-refractivity contribution in [2.75, 3.05) is 13.7 Å². The van der Waals surface area contributed by atoms with Crippen LogP contribution in [0.5, 0.6) is 5.75 Å². The van der Waals surface area contributed by atoms with Gasteiger partial charge in [-0.25, -0.2) is 4.98 Å². The normalized spacial score (nSPS) is 23.2. The highest BCUT2D eigenvalue weighted by molar-refractivity contribution is 5.26. The van der Waals surface area contributed by atoms with Gasteiger partial charge in [0.15, 0.2) is 0 Å². The summed E-state index contributed by atoms with van der Waals surface area (Å²) in [4.78, 5) is 10.2. The first-order valence-electron chi connectivity index (χ1n) is 8.73. The summed E-state index contributed by atoms with van der Waals surface area (Å²) in [6, 6.07) is 20.2. The highest BCUT2D eigenvalue weighted by atomic mass is 16.7. The van der Waals surface area contributed by atoms with Crippen LogP contribution in [0.25, 0.3) is 0 Å². The average molecular weight is 350 g/mol. The van der Waals surface area contributed by atoms with E-state index in [0.29, 0.717) is 13.2 Å². The number of aromatic nitrogens is 3. The third-order valence-corrected chi connectivity index (χ3v) is 4.86. The molecule has 2 unspecified atom stereocenters. The van der Waals surface area contributed by atoms with Gasteiger partial charge in [-0.3, -0.25) is 9.52 Å². The Morgan fingerprint density at radius 1 is 1.12 bits per heavy atom. The first kappa shape index (κ1) is 16.8. The van der Waals surface area contributed by atoms with Gasteiger partial charge in [0.2, 0.25) is 0 Å². The Hall–Kier alpha value is -2.70. The van der Waals surface area contributed by atoms with Gasteiger partial charge >= 0.3 is 0 Å². The first-order chi connectivity index (χ1) is 12.8. The van der Waals surface area contributed by atoms with Crippen LogP contribution in [0.4, 0.5) is 0 Å². The van der Waals surface area contributed by atoms with E-state index in [4.69, 9.17) is 9.57 Å². The molecule has 3 aromatic rings. The van der Waals surface area contributed by atoms with Gasteiger partial charge in [0, 0.05) is 13.5 Å². The van der Waals surface area contributed by atoms with Crippen LogP contribution in [0.15, 0.2) is 73.3 Å². The second-order valence-corrected chi connectivity index (χ2v) is 6.54. The molecule has 4 rings (SSSR count). The molecule has 0 amide bonds. The Bertz CT molecular complexity index is 810. The molecule has 0 N–H and O–H groups in total. The zero-order valence-electron chi connectivity index (χ0n) is 14.7. The van der Waals surface area contributed by atoms with Crippen LogP contribution >= 0.6 is 0 Å². The molecule has 0 spiro atoms. The van der Waals surface area contributed by atoms with Crippen LogP contribution in [0.2, 0.25) is 0 Å². The SMILES string of the molecule is CN1OC(COc2ccccc2)CC1(Cn1cncn1)c1ccccc1. The van der Waals surface area contributed by atoms with E-state index in [-0.39, 0.29) is 11.6 Å². The number of hydroxylamine groups is 2. The largest absolute Gasteiger partial charge is 0.491 e. The second-order valence-electron chi connectivity index (χ2n) is 6.54. The number of para-hydroxylation sites is 1. The standard InChI is InChI=1S/C20H22N4O2/c1-23-20(14-24-16-21-15-22-24,17-8-4-2-5-9-17)12-19(26-23)13-25-18-10-6-3-7-11-18/h2-11,15-16,19H,12-14H2,1H3. The van der Waals surface area contributed by atoms with Crippen molar-refractivity contribution in [2.24, 2.45) is 0 Å². The van der Waals surface area contributed by atoms with E-state index in [1.54, 1.807) is 12.7 Å². The van der Waals surface area contributed by atoms with Gasteiger partial charge in [-0.1, -0.05) is 48.5 Å². The van der Waals surface area contributed by atoms with Gasteiger partial charge in [-0.05, 0) is 17.7 Å². The van der Waals surface area contributed by atoms with Crippen LogP contribution in [0.1, 0.15) is 12.0 Å². The summed E-state index contributed by atoms with van der Waals surface area (Å²) in [7, 11) is 1.98. The molecule has 6 nitrogen and oxygen atoms in total. The van der Waals surface area contributed by atoms with Crippen molar-refractivity contribution in [3.63, 3.8) is 0 Å². The molecule has 1 saturated heterocycles. The van der Waals surface area contributed by atoms with E-state index in [1.807, 2.05) is 53.2 Å². The third-order valence-electron chi connectivity index (χ3n) is 4.86. The van der Waals surface area contributed by atoms with Crippen molar-refractivity contribution in [2.45, 2.75) is 24.6 Å². The fourth-order valence-electron chi connectivity index (χ4n) is 3.55. The highest BCUT2D eigenvalue weighted by Gasteiger charge is 2.47. The Morgan fingerprint density at radius 2 is 1.85 bits per heavy atom. The summed E-state index contributed by atoms with van der Waals surface area (Å²) in [6.07, 6.45) is 4.07. The monoisotopic (exact) mass is 350 g/mol. The van der Waals surface area contributed by atoms with Crippen LogP contribution in [-0.4, -0.2) is 39.6 Å². The molecule has 6 heteroatoms. The van der Waals surface area contributed by atoms with E-state index in [2.05, 4.69) is 34.3 Å². The molecule has 1 aromatic heterocycles. The van der Waals surface area contributed by atoms with Gasteiger partial charge in [0.25, 0.3) is 0 Å². The van der Waals surface area contributed by atoms with Crippen molar-refractivity contribution in [3.05, 3.63) is 78.9 Å². The Balaban J connectivity index is 1.55. The lowest BCUT2D eigenvalue weighted by Gasteiger charge is -2.34. The molecule has 2 heterocycles. The van der Waals surface area contributed by atoms with Crippen molar-refractivity contribution in [1.29, 1.82) is 0 Å². The number of rotatable bonds is 6. The minimum atomic E-state index is -0.320. The van der Waals surface area contributed by atoms with Crippen LogP contribution < -0.4 is 4.74 Å². The molecule has 134 valence electrons. The molecule has 1 aliphatic heterocycles. The molecule has 2 atom stereocenters. The smallest absolute Gasteiger partial charge is 0.137 e. The van der Waals surface area contributed by atoms with Crippen molar-refractivity contribution < 1.29 is 9.57 Å². The quantitative estimate of drug-likeness (QED) is 0.684. The molecule has 0 saturated carbocycles. The first-order valence-corrected chi connectivity index (χ1v) is 8.73. The number of nitrogens with zero attached hydrogens (tertiary/aromatic N) is 4. The molecule has 1 fully saturated rings. The number of likely N-dealkylation sites (N-methyl/N-ethyl adjacent to an activating group) is 1. The zero-order chi connectivity index (χ0) is 17.8. The maximum absolute atomic E-state index is 6.15. The summed E-state index contributed by atoms with van der Waals surface area (Å²) in [6.45, 7) is 1.16. The Kier molecular flexibility index (Phi) is 4.69. The number of ether oxygens (including phenoxy) is 1. The maximum Gasteiger partial charge on any atom is 0.137 e. The van der Waals surface area contributed by atoms with Gasteiger partial charge < -0.3 is 4.74 Å². The molecular formula is C20H22N4O2. The number of benzene rings is 2. The predicted molar refractivity (Wildman–Crippen MR) is 97.3 cm³/mol. The van der Waals surface area contributed by atoms with Crippen molar-refractivity contribution in [3.8, 4) is 5.75 Å². The van der Waals surface area contributed by atoms with Gasteiger partial charge in [0.1, 0.15) is 31.1 Å². The van der Waals surface area contributed by atoms with E-state index in [1.165, 1.54) is 5.56 Å². The lowest BCUT2D eigenvalue weighted by atomic mass is 9.85. The summed E-state index contributed by atoms with van der Waals surface area (Å²) < 4.78 is 7.77. The zero-order valence-corrected chi connectivity index (χ0v) is 14.7. The summed E-state index contributed by atoms with van der Waals surface area (Å²) in [5.41, 5.74) is 0.875. The van der Waals surface area contributed by atoms with Gasteiger partial charge in [-0.2, -0.15) is 10.2 Å². The Morgan fingerprint density at radius 3 is 2.54 bits per heavy atom. The third kappa shape index (κ3) is 3.34. The number of hydrogen-bond acceptors (Lipinski definition) is 5. The average Bonchev–Trinajstić information content (AvgIpc) is 3.30. The van der Waals surface area contributed by atoms with Crippen LogP contribution in [0.3, 0.4) is 0 Å². The summed E-state index contributed by atoms with van der Waals surface area (Å²) in [5.74, 6) is 0.854. The summed E-state index contributed by atoms with van der Waals surface area (Å²) in [5, 5.41) is 6.24. The van der Waals surface area contributed by atoms with E-state index in [0.717, 1.165) is 12.2 Å². The van der Waals surface area contributed by atoms with Crippen molar-refractivity contribution in [1.82, 2.24) is 19.8 Å². The lowest BCUT2D eigenvalue weighted by molar-refractivity contribution is -0.180. The van der Waals surface area contributed by atoms with E-state index < -0.39 is 0 Å². The molecule has 0 aliphatic carbocycles. The minimum absolute atomic E-state index is 0.0380. The van der Waals surface area contributed by atoms with Crippen molar-refractivity contribution >= 4 is 0 Å². The molecule has 0 bridgehead atoms. The Labute approximate surface area is 152 Å². The van der Waals surface area contributed by atoms with Crippen LogP contribution in [-0.2, 0) is 16.9 Å². The second kappa shape index (κ2) is 7.27. The predicted octanol–water partition coefficient (Wildman–Crippen LogP) is 2.89. The summed E-state index contributed by atoms with van der Waals surface area (Å²) >= 11 is 0. The topological polar surface area (TPSA) is 52.4 Å². The maximum atomic E-state index is 6.15. The fraction of sp³-hybridized carbons (Fsp3) is 0.300. The van der Waals surface area contributed by atoms with Gasteiger partial charge in [-0.15, -0.1) is 0 Å². The minimum Gasteiger partial charge on any atom is -0.491 e. The fourth-order valence-corrected chi connectivity index (χ4v) is 3.55. The highest BCUT2D eigenvalue weighted by Crippen LogP contribution is 2.40. The van der Waals surface area contributed by atoms with E-state index >= 15 is 0 Å². The van der Waals surface area contributed by atoms with Gasteiger partial charge in [0.05, 0.1) is 12.1 Å². The molecule has 2 aromatic carbocycles. The van der Waals surface area contributed by atoms with E-state index in [9.17, 15) is 0 Å². The lowest BCUT2D eigenvalue weighted by Crippen LogP contribution is -2.41. The molecular weight excluding hydrogens is 328 g/mol. The van der Waals surface area contributed by atoms with Crippen LogP contribution in [0, 0.1) is 0 Å². The number of hydrogen-bond donors (Lipinski definition) is 0. The molecule has 0 radical (unpaired) electrons. The molecule has 1 aliphatic rings.